The van der Waals surface area contributed by atoms with Crippen LogP contribution < -0.4 is 21.5 Å². The van der Waals surface area contributed by atoms with Crippen molar-refractivity contribution in [1.29, 1.82) is 0 Å². The predicted molar refractivity (Wildman–Crippen MR) is 93.9 cm³/mol. The molecule has 20 heavy (non-hydrogen) atoms. The highest BCUT2D eigenvalue weighted by Gasteiger charge is 2.01. The number of nitrogens with one attached hydrogen (secondary N) is 4. The lowest BCUT2D eigenvalue weighted by Gasteiger charge is -2.14. The number of rotatable bonds is 4. The Hall–Kier alpha value is -1.40. The van der Waals surface area contributed by atoms with Gasteiger partial charge in [0.1, 0.15) is 0 Å². The Bertz CT molecular complexity index is 443. The SMILES string of the molecule is CCCNC(=S)NNC(=S)Nc1ccc(C(C)C)cc1. The van der Waals surface area contributed by atoms with E-state index in [9.17, 15) is 0 Å². The van der Waals surface area contributed by atoms with E-state index in [1.807, 2.05) is 12.1 Å². The number of benzene rings is 1. The van der Waals surface area contributed by atoms with Gasteiger partial charge in [-0.15, -0.1) is 0 Å². The van der Waals surface area contributed by atoms with Crippen LogP contribution >= 0.6 is 24.4 Å². The number of anilines is 1. The quantitative estimate of drug-likeness (QED) is 0.507. The van der Waals surface area contributed by atoms with Gasteiger partial charge in [-0.1, -0.05) is 32.9 Å². The van der Waals surface area contributed by atoms with Gasteiger partial charge in [-0.3, -0.25) is 10.9 Å². The first kappa shape index (κ1) is 16.7. The highest BCUT2D eigenvalue weighted by atomic mass is 32.1. The van der Waals surface area contributed by atoms with Crippen molar-refractivity contribution in [1.82, 2.24) is 16.2 Å². The van der Waals surface area contributed by atoms with Crippen LogP contribution in [-0.2, 0) is 0 Å². The summed E-state index contributed by atoms with van der Waals surface area (Å²) in [5.41, 5.74) is 7.93. The van der Waals surface area contributed by atoms with Gasteiger partial charge in [0.25, 0.3) is 0 Å². The minimum absolute atomic E-state index is 0.475. The number of hydrogen-bond acceptors (Lipinski definition) is 2. The van der Waals surface area contributed by atoms with Gasteiger partial charge in [-0.05, 0) is 54.5 Å². The number of thiocarbonyl (C=S) groups is 2. The molecule has 110 valence electrons. The summed E-state index contributed by atoms with van der Waals surface area (Å²) in [5.74, 6) is 0.526. The zero-order chi connectivity index (χ0) is 15.0. The van der Waals surface area contributed by atoms with Gasteiger partial charge in [-0.2, -0.15) is 0 Å². The van der Waals surface area contributed by atoms with E-state index in [2.05, 4.69) is 54.4 Å². The molecule has 4 nitrogen and oxygen atoms in total. The van der Waals surface area contributed by atoms with Crippen LogP contribution in [0.15, 0.2) is 24.3 Å². The standard InChI is InChI=1S/C14H22N4S2/c1-4-9-15-13(19)17-18-14(20)16-12-7-5-11(6-8-12)10(2)3/h5-8,10H,4,9H2,1-3H3,(H2,15,17,19)(H2,16,18,20). The second-order valence-corrected chi connectivity index (χ2v) is 5.55. The smallest absolute Gasteiger partial charge is 0.189 e. The molecule has 0 saturated carbocycles. The van der Waals surface area contributed by atoms with Crippen LogP contribution in [0.1, 0.15) is 38.7 Å². The Balaban J connectivity index is 2.36. The normalized spacial score (nSPS) is 10.0. The molecule has 0 aromatic heterocycles. The first-order chi connectivity index (χ1) is 9.52. The molecular weight excluding hydrogens is 288 g/mol. The maximum absolute atomic E-state index is 5.18. The van der Waals surface area contributed by atoms with Gasteiger partial charge in [0, 0.05) is 12.2 Å². The van der Waals surface area contributed by atoms with Gasteiger partial charge in [0.05, 0.1) is 0 Å². The summed E-state index contributed by atoms with van der Waals surface area (Å²) >= 11 is 10.3. The molecular formula is C14H22N4S2. The van der Waals surface area contributed by atoms with E-state index >= 15 is 0 Å². The van der Waals surface area contributed by atoms with E-state index in [4.69, 9.17) is 24.4 Å². The van der Waals surface area contributed by atoms with Gasteiger partial charge in [-0.25, -0.2) is 0 Å². The summed E-state index contributed by atoms with van der Waals surface area (Å²) < 4.78 is 0. The van der Waals surface area contributed by atoms with Crippen LogP contribution in [0.5, 0.6) is 0 Å². The lowest BCUT2D eigenvalue weighted by molar-refractivity contribution is 0.784. The van der Waals surface area contributed by atoms with Crippen LogP contribution in [-0.4, -0.2) is 16.8 Å². The topological polar surface area (TPSA) is 48.1 Å². The van der Waals surface area contributed by atoms with Gasteiger partial charge in [0.2, 0.25) is 0 Å². The van der Waals surface area contributed by atoms with Gasteiger partial charge in [0.15, 0.2) is 10.2 Å². The van der Waals surface area contributed by atoms with Crippen LogP contribution in [0.2, 0.25) is 0 Å². The second kappa shape index (κ2) is 8.71. The summed E-state index contributed by atoms with van der Waals surface area (Å²) in [6, 6.07) is 8.21. The molecule has 0 unspecified atom stereocenters. The predicted octanol–water partition coefficient (Wildman–Crippen LogP) is 2.89. The van der Waals surface area contributed by atoms with Crippen molar-refractivity contribution in [3.05, 3.63) is 29.8 Å². The van der Waals surface area contributed by atoms with Gasteiger partial charge >= 0.3 is 0 Å². The Morgan fingerprint density at radius 1 is 1.05 bits per heavy atom. The molecule has 1 aromatic rings. The van der Waals surface area contributed by atoms with Crippen LogP contribution in [0, 0.1) is 0 Å². The first-order valence-corrected chi connectivity index (χ1v) is 7.55. The van der Waals surface area contributed by atoms with Crippen molar-refractivity contribution in [2.75, 3.05) is 11.9 Å². The molecule has 0 aliphatic heterocycles. The summed E-state index contributed by atoms with van der Waals surface area (Å²) in [7, 11) is 0. The maximum Gasteiger partial charge on any atom is 0.189 e. The lowest BCUT2D eigenvalue weighted by atomic mass is 10.0. The number of hydrazine groups is 1. The highest BCUT2D eigenvalue weighted by molar-refractivity contribution is 7.80. The zero-order valence-corrected chi connectivity index (χ0v) is 13.8. The average Bonchev–Trinajstić information content (AvgIpc) is 2.43. The molecule has 0 bridgehead atoms. The summed E-state index contributed by atoms with van der Waals surface area (Å²) in [6.45, 7) is 7.26. The fourth-order valence-electron chi connectivity index (χ4n) is 1.51. The summed E-state index contributed by atoms with van der Waals surface area (Å²) in [6.07, 6.45) is 1.02. The van der Waals surface area contributed by atoms with E-state index in [-0.39, 0.29) is 0 Å². The van der Waals surface area contributed by atoms with Crippen molar-refractivity contribution < 1.29 is 0 Å². The third-order valence-corrected chi connectivity index (χ3v) is 3.11. The highest BCUT2D eigenvalue weighted by Crippen LogP contribution is 2.16. The largest absolute Gasteiger partial charge is 0.361 e. The molecule has 0 amide bonds. The molecule has 0 aliphatic rings. The van der Waals surface area contributed by atoms with E-state index in [1.165, 1.54) is 5.56 Å². The fraction of sp³-hybridized carbons (Fsp3) is 0.429. The lowest BCUT2D eigenvalue weighted by Crippen LogP contribution is -2.48. The minimum atomic E-state index is 0.475. The minimum Gasteiger partial charge on any atom is -0.361 e. The Kier molecular flexibility index (Phi) is 7.25. The molecule has 0 atom stereocenters. The van der Waals surface area contributed by atoms with E-state index in [0.717, 1.165) is 18.7 Å². The molecule has 6 heteroatoms. The molecule has 4 N–H and O–H groups in total. The maximum atomic E-state index is 5.18. The Morgan fingerprint density at radius 3 is 2.20 bits per heavy atom. The molecule has 1 aromatic carbocycles. The molecule has 0 heterocycles. The van der Waals surface area contributed by atoms with Crippen LogP contribution in [0.4, 0.5) is 5.69 Å². The van der Waals surface area contributed by atoms with E-state index in [0.29, 0.717) is 16.1 Å². The average molecular weight is 310 g/mol. The molecule has 0 spiro atoms. The summed E-state index contributed by atoms with van der Waals surface area (Å²) in [5, 5.41) is 7.14. The zero-order valence-electron chi connectivity index (χ0n) is 12.1. The van der Waals surface area contributed by atoms with E-state index in [1.54, 1.807) is 0 Å². The fourth-order valence-corrected chi connectivity index (χ4v) is 1.83. The summed E-state index contributed by atoms with van der Waals surface area (Å²) in [4.78, 5) is 0. The monoisotopic (exact) mass is 310 g/mol. The van der Waals surface area contributed by atoms with Crippen molar-refractivity contribution >= 4 is 40.3 Å². The van der Waals surface area contributed by atoms with Gasteiger partial charge < -0.3 is 10.6 Å². The van der Waals surface area contributed by atoms with Crippen molar-refractivity contribution in [2.45, 2.75) is 33.1 Å². The molecule has 1 rings (SSSR count). The molecule has 0 aliphatic carbocycles. The third kappa shape index (κ3) is 6.16. The Morgan fingerprint density at radius 2 is 1.65 bits per heavy atom. The molecule has 0 saturated heterocycles. The molecule has 0 fully saturated rings. The third-order valence-electron chi connectivity index (χ3n) is 2.66. The van der Waals surface area contributed by atoms with Crippen molar-refractivity contribution in [3.8, 4) is 0 Å². The second-order valence-electron chi connectivity index (χ2n) is 4.74. The number of hydrogen-bond donors (Lipinski definition) is 4. The van der Waals surface area contributed by atoms with Crippen LogP contribution in [0.3, 0.4) is 0 Å². The Labute approximate surface area is 131 Å². The van der Waals surface area contributed by atoms with E-state index < -0.39 is 0 Å². The van der Waals surface area contributed by atoms with Crippen molar-refractivity contribution in [3.63, 3.8) is 0 Å². The van der Waals surface area contributed by atoms with Crippen LogP contribution in [0.25, 0.3) is 0 Å². The molecule has 0 radical (unpaired) electrons. The first-order valence-electron chi connectivity index (χ1n) is 6.73. The van der Waals surface area contributed by atoms with Crippen molar-refractivity contribution in [2.24, 2.45) is 0 Å².